The highest BCUT2D eigenvalue weighted by atomic mass is 16.5. The molecule has 1 aliphatic heterocycles. The van der Waals surface area contributed by atoms with Gasteiger partial charge in [-0.15, -0.1) is 0 Å². The van der Waals surface area contributed by atoms with Gasteiger partial charge in [-0.05, 0) is 43.1 Å². The molecular formula is C17H25NO. The van der Waals surface area contributed by atoms with Crippen molar-refractivity contribution in [3.8, 4) is 0 Å². The maximum Gasteiger partial charge on any atom is 0.0618 e. The van der Waals surface area contributed by atoms with Gasteiger partial charge in [-0.2, -0.15) is 0 Å². The van der Waals surface area contributed by atoms with Crippen molar-refractivity contribution in [2.24, 2.45) is 5.92 Å². The predicted molar refractivity (Wildman–Crippen MR) is 78.3 cm³/mol. The van der Waals surface area contributed by atoms with Crippen LogP contribution >= 0.6 is 0 Å². The average Bonchev–Trinajstić information content (AvgIpc) is 3.31. The molecule has 1 aromatic rings. The standard InChI is InChI=1S/C17H25NO/c1-13(14-5-3-2-4-6-14)12-18-16-9-10-19-17(11-16)15-7-8-15/h2-6,13,15-18H,7-12H2,1H3/t13-,16-,17+/m1/s1. The molecule has 104 valence electrons. The van der Waals surface area contributed by atoms with E-state index in [1.54, 1.807) is 0 Å². The Hall–Kier alpha value is -0.860. The zero-order valence-corrected chi connectivity index (χ0v) is 11.8. The van der Waals surface area contributed by atoms with Crippen LogP contribution in [0.1, 0.15) is 44.1 Å². The number of nitrogens with one attached hydrogen (secondary N) is 1. The van der Waals surface area contributed by atoms with E-state index in [1.165, 1.54) is 31.2 Å². The number of benzene rings is 1. The van der Waals surface area contributed by atoms with Gasteiger partial charge in [-0.3, -0.25) is 0 Å². The van der Waals surface area contributed by atoms with Crippen molar-refractivity contribution in [2.75, 3.05) is 13.2 Å². The Morgan fingerprint density at radius 1 is 1.21 bits per heavy atom. The second-order valence-corrected chi connectivity index (χ2v) is 6.19. The maximum absolute atomic E-state index is 5.88. The normalized spacial score (nSPS) is 29.1. The highest BCUT2D eigenvalue weighted by Crippen LogP contribution is 2.38. The third-order valence-electron chi connectivity index (χ3n) is 4.54. The van der Waals surface area contributed by atoms with E-state index in [1.807, 2.05) is 0 Å². The molecule has 1 aliphatic carbocycles. The predicted octanol–water partition coefficient (Wildman–Crippen LogP) is 3.34. The second kappa shape index (κ2) is 6.06. The first-order valence-corrected chi connectivity index (χ1v) is 7.73. The van der Waals surface area contributed by atoms with E-state index in [0.29, 0.717) is 18.1 Å². The van der Waals surface area contributed by atoms with Crippen molar-refractivity contribution in [1.82, 2.24) is 5.32 Å². The van der Waals surface area contributed by atoms with Crippen LogP contribution in [0.2, 0.25) is 0 Å². The van der Waals surface area contributed by atoms with Gasteiger partial charge in [0.1, 0.15) is 0 Å². The summed E-state index contributed by atoms with van der Waals surface area (Å²) in [5, 5.41) is 3.75. The van der Waals surface area contributed by atoms with E-state index in [0.717, 1.165) is 19.1 Å². The number of ether oxygens (including phenoxy) is 1. The van der Waals surface area contributed by atoms with Crippen LogP contribution in [0, 0.1) is 5.92 Å². The van der Waals surface area contributed by atoms with E-state index in [4.69, 9.17) is 4.74 Å². The largest absolute Gasteiger partial charge is 0.378 e. The first kappa shape index (κ1) is 13.1. The summed E-state index contributed by atoms with van der Waals surface area (Å²) in [6.45, 7) is 4.32. The van der Waals surface area contributed by atoms with Crippen molar-refractivity contribution in [2.45, 2.75) is 50.7 Å². The van der Waals surface area contributed by atoms with E-state index < -0.39 is 0 Å². The Morgan fingerprint density at radius 2 is 2.00 bits per heavy atom. The molecule has 0 spiro atoms. The molecule has 19 heavy (non-hydrogen) atoms. The van der Waals surface area contributed by atoms with Gasteiger partial charge in [-0.1, -0.05) is 37.3 Å². The van der Waals surface area contributed by atoms with Crippen LogP contribution in [0.15, 0.2) is 30.3 Å². The molecule has 1 saturated heterocycles. The topological polar surface area (TPSA) is 21.3 Å². The lowest BCUT2D eigenvalue weighted by molar-refractivity contribution is -0.0111. The fraction of sp³-hybridized carbons (Fsp3) is 0.647. The van der Waals surface area contributed by atoms with Gasteiger partial charge in [0.05, 0.1) is 6.10 Å². The summed E-state index contributed by atoms with van der Waals surface area (Å²) >= 11 is 0. The lowest BCUT2D eigenvalue weighted by Crippen LogP contribution is -2.41. The van der Waals surface area contributed by atoms with Crippen molar-refractivity contribution in [3.05, 3.63) is 35.9 Å². The Morgan fingerprint density at radius 3 is 2.74 bits per heavy atom. The van der Waals surface area contributed by atoms with Gasteiger partial charge in [0, 0.05) is 19.2 Å². The third-order valence-corrected chi connectivity index (χ3v) is 4.54. The summed E-state index contributed by atoms with van der Waals surface area (Å²) in [7, 11) is 0. The molecule has 2 fully saturated rings. The number of hydrogen-bond donors (Lipinski definition) is 1. The van der Waals surface area contributed by atoms with Gasteiger partial charge in [0.25, 0.3) is 0 Å². The van der Waals surface area contributed by atoms with Crippen LogP contribution in [-0.2, 0) is 4.74 Å². The van der Waals surface area contributed by atoms with Crippen LogP contribution < -0.4 is 5.32 Å². The van der Waals surface area contributed by atoms with Crippen molar-refractivity contribution >= 4 is 0 Å². The molecule has 2 heteroatoms. The molecule has 3 atom stereocenters. The molecule has 0 amide bonds. The molecule has 1 N–H and O–H groups in total. The average molecular weight is 259 g/mol. The summed E-state index contributed by atoms with van der Waals surface area (Å²) in [4.78, 5) is 0. The molecule has 0 aromatic heterocycles. The molecule has 2 aliphatic rings. The summed E-state index contributed by atoms with van der Waals surface area (Å²) < 4.78 is 5.88. The smallest absolute Gasteiger partial charge is 0.0618 e. The van der Waals surface area contributed by atoms with Gasteiger partial charge in [-0.25, -0.2) is 0 Å². The molecule has 0 bridgehead atoms. The maximum atomic E-state index is 5.88. The summed E-state index contributed by atoms with van der Waals surface area (Å²) in [5.41, 5.74) is 1.43. The van der Waals surface area contributed by atoms with Gasteiger partial charge in [0.15, 0.2) is 0 Å². The SMILES string of the molecule is C[C@H](CN[C@@H]1CCO[C@H](C2CC2)C1)c1ccccc1. The minimum Gasteiger partial charge on any atom is -0.378 e. The Kier molecular flexibility index (Phi) is 4.19. The molecule has 3 rings (SSSR count). The summed E-state index contributed by atoms with van der Waals surface area (Å²) in [6, 6.07) is 11.5. The van der Waals surface area contributed by atoms with Gasteiger partial charge >= 0.3 is 0 Å². The zero-order valence-electron chi connectivity index (χ0n) is 11.8. The second-order valence-electron chi connectivity index (χ2n) is 6.19. The van der Waals surface area contributed by atoms with Crippen molar-refractivity contribution < 1.29 is 4.74 Å². The number of rotatable bonds is 5. The molecule has 2 nitrogen and oxygen atoms in total. The lowest BCUT2D eigenvalue weighted by atomic mass is 9.97. The minimum atomic E-state index is 0.540. The van der Waals surface area contributed by atoms with Crippen molar-refractivity contribution in [3.63, 3.8) is 0 Å². The van der Waals surface area contributed by atoms with E-state index in [-0.39, 0.29) is 0 Å². The summed E-state index contributed by atoms with van der Waals surface area (Å²) in [5.74, 6) is 1.46. The first-order chi connectivity index (χ1) is 9.33. The molecule has 1 aromatic carbocycles. The monoisotopic (exact) mass is 259 g/mol. The van der Waals surface area contributed by atoms with Crippen LogP contribution in [-0.4, -0.2) is 25.3 Å². The van der Waals surface area contributed by atoms with Crippen LogP contribution in [0.5, 0.6) is 0 Å². The minimum absolute atomic E-state index is 0.540. The molecule has 0 radical (unpaired) electrons. The Balaban J connectivity index is 1.46. The molecule has 1 saturated carbocycles. The first-order valence-electron chi connectivity index (χ1n) is 7.73. The van der Waals surface area contributed by atoms with Crippen LogP contribution in [0.4, 0.5) is 0 Å². The van der Waals surface area contributed by atoms with E-state index in [2.05, 4.69) is 42.6 Å². The highest BCUT2D eigenvalue weighted by Gasteiger charge is 2.35. The Labute approximate surface area is 116 Å². The van der Waals surface area contributed by atoms with Crippen LogP contribution in [0.25, 0.3) is 0 Å². The quantitative estimate of drug-likeness (QED) is 0.875. The summed E-state index contributed by atoms with van der Waals surface area (Å²) in [6.07, 6.45) is 5.70. The van der Waals surface area contributed by atoms with Gasteiger partial charge < -0.3 is 10.1 Å². The van der Waals surface area contributed by atoms with Crippen LogP contribution in [0.3, 0.4) is 0 Å². The Bertz CT molecular complexity index is 388. The van der Waals surface area contributed by atoms with E-state index >= 15 is 0 Å². The van der Waals surface area contributed by atoms with Crippen molar-refractivity contribution in [1.29, 1.82) is 0 Å². The van der Waals surface area contributed by atoms with Gasteiger partial charge in [0.2, 0.25) is 0 Å². The molecular weight excluding hydrogens is 234 g/mol. The molecule has 0 unspecified atom stereocenters. The highest BCUT2D eigenvalue weighted by molar-refractivity contribution is 5.19. The fourth-order valence-corrected chi connectivity index (χ4v) is 3.05. The number of hydrogen-bond acceptors (Lipinski definition) is 2. The zero-order chi connectivity index (χ0) is 13.1. The lowest BCUT2D eigenvalue weighted by Gasteiger charge is -2.31. The molecule has 1 heterocycles. The van der Waals surface area contributed by atoms with E-state index in [9.17, 15) is 0 Å². The third kappa shape index (κ3) is 3.58. The fourth-order valence-electron chi connectivity index (χ4n) is 3.05.